The minimum atomic E-state index is 0.775. The van der Waals surface area contributed by atoms with Gasteiger partial charge in [0.1, 0.15) is 28.9 Å². The molecule has 0 aliphatic rings. The molecule has 6 nitrogen and oxygen atoms in total. The summed E-state index contributed by atoms with van der Waals surface area (Å²) in [5.41, 5.74) is 4.05. The van der Waals surface area contributed by atoms with Crippen molar-refractivity contribution in [3.05, 3.63) is 54.4 Å². The van der Waals surface area contributed by atoms with Crippen molar-refractivity contribution in [1.82, 2.24) is 15.0 Å². The second kappa shape index (κ2) is 6.92. The maximum absolute atomic E-state index is 5.32. The molecule has 2 aromatic heterocycles. The lowest BCUT2D eigenvalue weighted by Gasteiger charge is -2.07. The summed E-state index contributed by atoms with van der Waals surface area (Å²) in [6, 6.07) is 14.0. The first-order chi connectivity index (χ1) is 12.8. The van der Waals surface area contributed by atoms with E-state index in [-0.39, 0.29) is 0 Å². The molecule has 0 spiro atoms. The van der Waals surface area contributed by atoms with Gasteiger partial charge in [-0.05, 0) is 42.3 Å². The summed E-state index contributed by atoms with van der Waals surface area (Å²) >= 11 is 0. The summed E-state index contributed by atoms with van der Waals surface area (Å²) in [6.07, 6.45) is 2.48. The van der Waals surface area contributed by atoms with Gasteiger partial charge in [-0.15, -0.1) is 0 Å². The normalized spacial score (nSPS) is 11.0. The van der Waals surface area contributed by atoms with Crippen LogP contribution in [0.5, 0.6) is 11.5 Å². The molecule has 0 fully saturated rings. The quantitative estimate of drug-likeness (QED) is 0.555. The average molecular weight is 348 g/mol. The zero-order valence-corrected chi connectivity index (χ0v) is 14.7. The topological polar surface area (TPSA) is 72.1 Å². The molecule has 0 saturated carbocycles. The maximum atomic E-state index is 5.32. The van der Waals surface area contributed by atoms with Crippen molar-refractivity contribution in [3.8, 4) is 11.5 Å². The van der Waals surface area contributed by atoms with Crippen LogP contribution in [-0.4, -0.2) is 35.7 Å². The number of anilines is 1. The first-order valence-electron chi connectivity index (χ1n) is 8.45. The molecule has 0 radical (unpaired) electrons. The summed E-state index contributed by atoms with van der Waals surface area (Å²) in [5.74, 6) is 2.48. The summed E-state index contributed by atoms with van der Waals surface area (Å²) in [7, 11) is 3.34. The zero-order valence-electron chi connectivity index (χ0n) is 14.7. The van der Waals surface area contributed by atoms with Crippen LogP contribution >= 0.6 is 0 Å². The Balaban J connectivity index is 1.56. The molecule has 6 heteroatoms. The van der Waals surface area contributed by atoms with Crippen LogP contribution in [0.2, 0.25) is 0 Å². The first kappa shape index (κ1) is 16.2. The third-order valence-electron chi connectivity index (χ3n) is 4.45. The number of H-pyrrole nitrogens is 1. The fourth-order valence-corrected chi connectivity index (χ4v) is 3.05. The molecule has 2 heterocycles. The SMILES string of the molecule is COc1ccc(CCNc2ncnc3c2[nH]c2ccc(OC)cc23)cc1. The van der Waals surface area contributed by atoms with E-state index in [1.807, 2.05) is 30.3 Å². The largest absolute Gasteiger partial charge is 0.497 e. The number of nitrogens with one attached hydrogen (secondary N) is 2. The van der Waals surface area contributed by atoms with Gasteiger partial charge in [0.15, 0.2) is 5.82 Å². The van der Waals surface area contributed by atoms with Gasteiger partial charge in [0.2, 0.25) is 0 Å². The summed E-state index contributed by atoms with van der Waals surface area (Å²) < 4.78 is 10.5. The van der Waals surface area contributed by atoms with Crippen LogP contribution in [-0.2, 0) is 6.42 Å². The van der Waals surface area contributed by atoms with Gasteiger partial charge in [-0.1, -0.05) is 12.1 Å². The second-order valence-electron chi connectivity index (χ2n) is 6.01. The zero-order chi connectivity index (χ0) is 17.9. The van der Waals surface area contributed by atoms with Gasteiger partial charge >= 0.3 is 0 Å². The first-order valence-corrected chi connectivity index (χ1v) is 8.45. The predicted octanol–water partition coefficient (Wildman–Crippen LogP) is 3.78. The van der Waals surface area contributed by atoms with E-state index in [1.54, 1.807) is 20.5 Å². The Bertz CT molecular complexity index is 1040. The van der Waals surface area contributed by atoms with Crippen molar-refractivity contribution >= 4 is 27.8 Å². The Morgan fingerprint density at radius 1 is 0.962 bits per heavy atom. The van der Waals surface area contributed by atoms with E-state index < -0.39 is 0 Å². The molecule has 0 aliphatic heterocycles. The van der Waals surface area contributed by atoms with Gasteiger partial charge in [0.25, 0.3) is 0 Å². The van der Waals surface area contributed by atoms with E-state index in [0.29, 0.717) is 0 Å². The molecular weight excluding hydrogens is 328 g/mol. The number of ether oxygens (including phenoxy) is 2. The molecule has 0 amide bonds. The molecule has 0 saturated heterocycles. The van der Waals surface area contributed by atoms with E-state index >= 15 is 0 Å². The second-order valence-corrected chi connectivity index (χ2v) is 6.01. The smallest absolute Gasteiger partial charge is 0.153 e. The molecule has 4 rings (SSSR count). The highest BCUT2D eigenvalue weighted by Gasteiger charge is 2.11. The van der Waals surface area contributed by atoms with Crippen LogP contribution in [0.3, 0.4) is 0 Å². The van der Waals surface area contributed by atoms with Gasteiger partial charge in [-0.25, -0.2) is 9.97 Å². The highest BCUT2D eigenvalue weighted by atomic mass is 16.5. The van der Waals surface area contributed by atoms with E-state index in [0.717, 1.165) is 52.2 Å². The molecule has 26 heavy (non-hydrogen) atoms. The van der Waals surface area contributed by atoms with Gasteiger partial charge < -0.3 is 19.8 Å². The summed E-state index contributed by atoms with van der Waals surface area (Å²) in [6.45, 7) is 0.775. The van der Waals surface area contributed by atoms with Gasteiger partial charge in [-0.3, -0.25) is 0 Å². The number of hydrogen-bond donors (Lipinski definition) is 2. The Kier molecular flexibility index (Phi) is 4.31. The molecule has 2 aromatic carbocycles. The lowest BCUT2D eigenvalue weighted by atomic mass is 10.1. The van der Waals surface area contributed by atoms with Crippen LogP contribution in [0.25, 0.3) is 21.9 Å². The van der Waals surface area contributed by atoms with Crippen LogP contribution < -0.4 is 14.8 Å². The van der Waals surface area contributed by atoms with Crippen molar-refractivity contribution in [1.29, 1.82) is 0 Å². The van der Waals surface area contributed by atoms with Crippen LogP contribution in [0.1, 0.15) is 5.56 Å². The Morgan fingerprint density at radius 3 is 2.50 bits per heavy atom. The van der Waals surface area contributed by atoms with Crippen LogP contribution in [0, 0.1) is 0 Å². The number of hydrogen-bond acceptors (Lipinski definition) is 5. The minimum Gasteiger partial charge on any atom is -0.497 e. The molecule has 4 aromatic rings. The molecule has 0 aliphatic carbocycles. The number of methoxy groups -OCH3 is 2. The van der Waals surface area contributed by atoms with Crippen molar-refractivity contribution < 1.29 is 9.47 Å². The van der Waals surface area contributed by atoms with E-state index in [4.69, 9.17) is 9.47 Å². The Labute approximate surface area is 151 Å². The minimum absolute atomic E-state index is 0.775. The number of benzene rings is 2. The number of nitrogens with zero attached hydrogens (tertiary/aromatic N) is 2. The van der Waals surface area contributed by atoms with Gasteiger partial charge in [0, 0.05) is 17.4 Å². The molecule has 132 valence electrons. The van der Waals surface area contributed by atoms with Crippen molar-refractivity contribution in [2.45, 2.75) is 6.42 Å². The molecule has 0 bridgehead atoms. The van der Waals surface area contributed by atoms with Gasteiger partial charge in [0.05, 0.1) is 14.2 Å². The summed E-state index contributed by atoms with van der Waals surface area (Å²) in [4.78, 5) is 12.2. The molecule has 0 unspecified atom stereocenters. The number of fused-ring (bicyclic) bond motifs is 3. The lowest BCUT2D eigenvalue weighted by Crippen LogP contribution is -2.07. The third-order valence-corrected chi connectivity index (χ3v) is 4.45. The fraction of sp³-hybridized carbons (Fsp3) is 0.200. The molecule has 2 N–H and O–H groups in total. The monoisotopic (exact) mass is 348 g/mol. The molecular formula is C20H20N4O2. The van der Waals surface area contributed by atoms with Gasteiger partial charge in [-0.2, -0.15) is 0 Å². The molecule has 0 atom stereocenters. The Hall–Kier alpha value is -3.28. The van der Waals surface area contributed by atoms with E-state index in [9.17, 15) is 0 Å². The highest BCUT2D eigenvalue weighted by molar-refractivity contribution is 6.08. The van der Waals surface area contributed by atoms with E-state index in [2.05, 4.69) is 32.4 Å². The Morgan fingerprint density at radius 2 is 1.73 bits per heavy atom. The highest BCUT2D eigenvalue weighted by Crippen LogP contribution is 2.29. The number of aromatic amines is 1. The number of aromatic nitrogens is 3. The van der Waals surface area contributed by atoms with Crippen LogP contribution in [0.15, 0.2) is 48.8 Å². The average Bonchev–Trinajstić information content (AvgIpc) is 3.07. The van der Waals surface area contributed by atoms with Crippen molar-refractivity contribution in [2.75, 3.05) is 26.1 Å². The third kappa shape index (κ3) is 3.01. The fourth-order valence-electron chi connectivity index (χ4n) is 3.05. The van der Waals surface area contributed by atoms with Crippen molar-refractivity contribution in [2.24, 2.45) is 0 Å². The van der Waals surface area contributed by atoms with Crippen LogP contribution in [0.4, 0.5) is 5.82 Å². The maximum Gasteiger partial charge on any atom is 0.153 e. The summed E-state index contributed by atoms with van der Waals surface area (Å²) in [5, 5.41) is 4.44. The lowest BCUT2D eigenvalue weighted by molar-refractivity contribution is 0.414. The van der Waals surface area contributed by atoms with E-state index in [1.165, 1.54) is 5.56 Å². The number of rotatable bonds is 6. The predicted molar refractivity (Wildman–Crippen MR) is 103 cm³/mol. The van der Waals surface area contributed by atoms with Crippen molar-refractivity contribution in [3.63, 3.8) is 0 Å². The standard InChI is InChI=1S/C20H20N4O2/c1-25-14-5-3-13(4-6-14)9-10-21-20-19-18(22-12-23-20)16-11-15(26-2)7-8-17(16)24-19/h3-8,11-12,24H,9-10H2,1-2H3,(H,21,22,23).